The van der Waals surface area contributed by atoms with E-state index in [0.717, 1.165) is 37.7 Å². The molecule has 2 aliphatic heterocycles. The highest BCUT2D eigenvalue weighted by molar-refractivity contribution is 5.53. The van der Waals surface area contributed by atoms with Crippen LogP contribution in [0.4, 0.5) is 0 Å². The van der Waals surface area contributed by atoms with Gasteiger partial charge in [-0.25, -0.2) is 0 Å². The lowest BCUT2D eigenvalue weighted by Crippen LogP contribution is -2.49. The zero-order valence-corrected chi connectivity index (χ0v) is 15.3. The lowest BCUT2D eigenvalue weighted by Gasteiger charge is -2.44. The predicted molar refractivity (Wildman–Crippen MR) is 102 cm³/mol. The number of benzene rings is 2. The average Bonchev–Trinajstić information content (AvgIpc) is 2.67. The van der Waals surface area contributed by atoms with Crippen molar-refractivity contribution in [3.63, 3.8) is 0 Å². The Bertz CT molecular complexity index is 680. The van der Waals surface area contributed by atoms with Crippen molar-refractivity contribution < 1.29 is 4.74 Å². The van der Waals surface area contributed by atoms with E-state index in [1.165, 1.54) is 24.0 Å². The van der Waals surface area contributed by atoms with Gasteiger partial charge >= 0.3 is 0 Å². The van der Waals surface area contributed by atoms with Crippen molar-refractivity contribution in [3.05, 3.63) is 59.7 Å². The number of piperidine rings is 1. The highest BCUT2D eigenvalue weighted by Crippen LogP contribution is 2.46. The van der Waals surface area contributed by atoms with Crippen molar-refractivity contribution in [2.75, 3.05) is 26.2 Å². The molecule has 3 nitrogen and oxygen atoms in total. The summed E-state index contributed by atoms with van der Waals surface area (Å²) in [5, 5.41) is 0. The zero-order valence-electron chi connectivity index (χ0n) is 15.3. The van der Waals surface area contributed by atoms with E-state index >= 15 is 0 Å². The molecular formula is C22H28N2O. The molecule has 0 aromatic heterocycles. The van der Waals surface area contributed by atoms with E-state index < -0.39 is 0 Å². The first-order valence-corrected chi connectivity index (χ1v) is 9.65. The summed E-state index contributed by atoms with van der Waals surface area (Å²) in [5.41, 5.74) is 2.61. The smallest absolute Gasteiger partial charge is 0.132 e. The molecule has 2 aromatic rings. The van der Waals surface area contributed by atoms with Gasteiger partial charge < -0.3 is 4.74 Å². The summed E-state index contributed by atoms with van der Waals surface area (Å²) in [6, 6.07) is 18.0. The Balaban J connectivity index is 1.70. The summed E-state index contributed by atoms with van der Waals surface area (Å²) in [6.45, 7) is 9.12. The summed E-state index contributed by atoms with van der Waals surface area (Å²) in [6.07, 6.45) is 2.58. The minimum Gasteiger partial charge on any atom is -0.457 e. The van der Waals surface area contributed by atoms with Crippen molar-refractivity contribution in [2.24, 2.45) is 0 Å². The molecule has 0 N–H and O–H groups in total. The summed E-state index contributed by atoms with van der Waals surface area (Å²) in [7, 11) is 0. The highest BCUT2D eigenvalue weighted by atomic mass is 16.5. The fraction of sp³-hybridized carbons (Fsp3) is 0.455. The van der Waals surface area contributed by atoms with Crippen LogP contribution < -0.4 is 4.74 Å². The molecule has 0 spiro atoms. The molecule has 3 heteroatoms. The number of likely N-dealkylation sites (tertiary alicyclic amines) is 1. The number of hydrogen-bond donors (Lipinski definition) is 0. The van der Waals surface area contributed by atoms with E-state index in [4.69, 9.17) is 4.74 Å². The van der Waals surface area contributed by atoms with Gasteiger partial charge in [-0.05, 0) is 44.6 Å². The van der Waals surface area contributed by atoms with Crippen molar-refractivity contribution in [1.82, 2.24) is 9.80 Å². The topological polar surface area (TPSA) is 15.7 Å². The molecule has 25 heavy (non-hydrogen) atoms. The fourth-order valence-corrected chi connectivity index (χ4v) is 4.53. The normalized spacial score (nSPS) is 20.8. The van der Waals surface area contributed by atoms with Crippen LogP contribution in [0.25, 0.3) is 0 Å². The molecule has 2 aliphatic rings. The van der Waals surface area contributed by atoms with Crippen LogP contribution in [0.5, 0.6) is 11.5 Å². The minimum atomic E-state index is 0.305. The number of hydrogen-bond acceptors (Lipinski definition) is 3. The molecule has 0 radical (unpaired) electrons. The molecule has 0 amide bonds. The molecule has 2 heterocycles. The molecule has 0 aliphatic carbocycles. The summed E-state index contributed by atoms with van der Waals surface area (Å²) in [4.78, 5) is 5.29. The van der Waals surface area contributed by atoms with Crippen LogP contribution in [0, 0.1) is 0 Å². The Morgan fingerprint density at radius 3 is 2.16 bits per heavy atom. The Labute approximate surface area is 151 Å². The summed E-state index contributed by atoms with van der Waals surface area (Å²) < 4.78 is 6.18. The highest BCUT2D eigenvalue weighted by Gasteiger charge is 2.35. The van der Waals surface area contributed by atoms with E-state index in [1.807, 2.05) is 0 Å². The van der Waals surface area contributed by atoms with Gasteiger partial charge in [-0.2, -0.15) is 0 Å². The first-order chi connectivity index (χ1) is 12.3. The monoisotopic (exact) mass is 336 g/mol. The van der Waals surface area contributed by atoms with Gasteiger partial charge in [0.25, 0.3) is 0 Å². The number of rotatable bonds is 4. The van der Waals surface area contributed by atoms with Crippen molar-refractivity contribution in [1.29, 1.82) is 0 Å². The van der Waals surface area contributed by atoms with Gasteiger partial charge in [-0.1, -0.05) is 50.2 Å². The first-order valence-electron chi connectivity index (χ1n) is 9.65. The van der Waals surface area contributed by atoms with E-state index in [2.05, 4.69) is 72.2 Å². The summed E-state index contributed by atoms with van der Waals surface area (Å²) in [5.74, 6) is 2.02. The lowest BCUT2D eigenvalue weighted by molar-refractivity contribution is 0.0839. The molecule has 132 valence electrons. The van der Waals surface area contributed by atoms with E-state index in [-0.39, 0.29) is 0 Å². The van der Waals surface area contributed by atoms with E-state index in [9.17, 15) is 0 Å². The second-order valence-electron chi connectivity index (χ2n) is 7.09. The maximum Gasteiger partial charge on any atom is 0.132 e. The van der Waals surface area contributed by atoms with Gasteiger partial charge in [0.1, 0.15) is 11.5 Å². The SMILES string of the molecule is CCN(CC)C1CCCN(C2c3ccccc3Oc3ccccc32)C1. The van der Waals surface area contributed by atoms with Gasteiger partial charge in [0.05, 0.1) is 6.04 Å². The maximum absolute atomic E-state index is 6.18. The average molecular weight is 336 g/mol. The van der Waals surface area contributed by atoms with Gasteiger partial charge in [0.15, 0.2) is 0 Å². The van der Waals surface area contributed by atoms with Crippen LogP contribution in [0.15, 0.2) is 48.5 Å². The molecular weight excluding hydrogens is 308 g/mol. The molecule has 1 fully saturated rings. The molecule has 0 saturated carbocycles. The van der Waals surface area contributed by atoms with Crippen molar-refractivity contribution in [2.45, 2.75) is 38.8 Å². The third kappa shape index (κ3) is 3.07. The molecule has 1 unspecified atom stereocenters. The Hall–Kier alpha value is -1.84. The van der Waals surface area contributed by atoms with Crippen molar-refractivity contribution >= 4 is 0 Å². The Kier molecular flexibility index (Phi) is 4.78. The van der Waals surface area contributed by atoms with Gasteiger partial charge in [0, 0.05) is 23.7 Å². The van der Waals surface area contributed by atoms with Crippen LogP contribution in [-0.4, -0.2) is 42.0 Å². The lowest BCUT2D eigenvalue weighted by atomic mass is 9.90. The summed E-state index contributed by atoms with van der Waals surface area (Å²) >= 11 is 0. The molecule has 4 rings (SSSR count). The van der Waals surface area contributed by atoms with Crippen LogP contribution in [0.2, 0.25) is 0 Å². The number of ether oxygens (including phenoxy) is 1. The van der Waals surface area contributed by atoms with Gasteiger partial charge in [0.2, 0.25) is 0 Å². The quantitative estimate of drug-likeness (QED) is 0.806. The molecule has 1 saturated heterocycles. The maximum atomic E-state index is 6.18. The Morgan fingerprint density at radius 2 is 1.56 bits per heavy atom. The fourth-order valence-electron chi connectivity index (χ4n) is 4.53. The first kappa shape index (κ1) is 16.6. The second-order valence-corrected chi connectivity index (χ2v) is 7.09. The van der Waals surface area contributed by atoms with Gasteiger partial charge in [-0.15, -0.1) is 0 Å². The number of para-hydroxylation sites is 2. The van der Waals surface area contributed by atoms with Crippen LogP contribution in [-0.2, 0) is 0 Å². The Morgan fingerprint density at radius 1 is 0.960 bits per heavy atom. The van der Waals surface area contributed by atoms with Crippen LogP contribution in [0.3, 0.4) is 0 Å². The van der Waals surface area contributed by atoms with E-state index in [0.29, 0.717) is 12.1 Å². The zero-order chi connectivity index (χ0) is 17.2. The molecule has 0 bridgehead atoms. The number of nitrogens with zero attached hydrogens (tertiary/aromatic N) is 2. The standard InChI is InChI=1S/C22H28N2O/c1-3-23(4-2)17-10-9-15-24(16-17)22-18-11-5-7-13-20(18)25-21-14-8-6-12-19(21)22/h5-8,11-14,17,22H,3-4,9-10,15-16H2,1-2H3. The number of fused-ring (bicyclic) bond motifs is 2. The minimum absolute atomic E-state index is 0.305. The van der Waals surface area contributed by atoms with E-state index in [1.54, 1.807) is 0 Å². The third-order valence-corrected chi connectivity index (χ3v) is 5.77. The third-order valence-electron chi connectivity index (χ3n) is 5.77. The van der Waals surface area contributed by atoms with Crippen LogP contribution >= 0.6 is 0 Å². The van der Waals surface area contributed by atoms with Gasteiger partial charge in [-0.3, -0.25) is 9.80 Å². The van der Waals surface area contributed by atoms with Crippen molar-refractivity contribution in [3.8, 4) is 11.5 Å². The predicted octanol–water partition coefficient (Wildman–Crippen LogP) is 4.69. The largest absolute Gasteiger partial charge is 0.457 e. The van der Waals surface area contributed by atoms with Crippen LogP contribution in [0.1, 0.15) is 43.9 Å². The number of likely N-dealkylation sites (N-methyl/N-ethyl adjacent to an activating group) is 1. The molecule has 2 aromatic carbocycles. The molecule has 1 atom stereocenters. The second kappa shape index (κ2) is 7.19.